The third-order valence-corrected chi connectivity index (χ3v) is 4.22. The van der Waals surface area contributed by atoms with Crippen LogP contribution in [0.4, 0.5) is 11.4 Å². The molecule has 2 aromatic carbocycles. The Bertz CT molecular complexity index is 874. The van der Waals surface area contributed by atoms with Gasteiger partial charge < -0.3 is 0 Å². The predicted molar refractivity (Wildman–Crippen MR) is 105 cm³/mol. The molecule has 26 heavy (non-hydrogen) atoms. The summed E-state index contributed by atoms with van der Waals surface area (Å²) in [5.74, 6) is -0.208. The Morgan fingerprint density at radius 1 is 1.00 bits per heavy atom. The summed E-state index contributed by atoms with van der Waals surface area (Å²) in [7, 11) is 1.90. The lowest BCUT2D eigenvalue weighted by Crippen LogP contribution is -2.37. The molecule has 1 amide bonds. The van der Waals surface area contributed by atoms with Crippen molar-refractivity contribution in [3.63, 3.8) is 0 Å². The molecule has 0 saturated heterocycles. The second-order valence-electron chi connectivity index (χ2n) is 6.02. The highest BCUT2D eigenvalue weighted by Gasteiger charge is 2.11. The first-order valence-electron chi connectivity index (χ1n) is 8.45. The number of hydrazine groups is 1. The number of nitrogens with zero attached hydrogens (tertiary/aromatic N) is 3. The number of para-hydroxylation sites is 2. The molecule has 3 aromatic rings. The molecule has 0 atom stereocenters. The first kappa shape index (κ1) is 17.5. The second kappa shape index (κ2) is 7.70. The van der Waals surface area contributed by atoms with E-state index in [2.05, 4.69) is 10.5 Å². The Labute approximate surface area is 153 Å². The lowest BCUT2D eigenvalue weighted by atomic mass is 10.2. The number of amides is 1. The van der Waals surface area contributed by atoms with Gasteiger partial charge in [-0.2, -0.15) is 5.10 Å². The van der Waals surface area contributed by atoms with Crippen LogP contribution in [-0.2, 0) is 11.8 Å². The van der Waals surface area contributed by atoms with Crippen LogP contribution in [0.2, 0.25) is 0 Å². The minimum Gasteiger partial charge on any atom is -0.272 e. The van der Waals surface area contributed by atoms with E-state index in [1.54, 1.807) is 11.1 Å². The zero-order chi connectivity index (χ0) is 18.5. The number of nitrogens with one attached hydrogen (secondary N) is 1. The molecule has 3 rings (SSSR count). The van der Waals surface area contributed by atoms with Crippen molar-refractivity contribution < 1.29 is 4.79 Å². The summed E-state index contributed by atoms with van der Waals surface area (Å²) in [5, 5.41) is 6.14. The van der Waals surface area contributed by atoms with Gasteiger partial charge in [-0.3, -0.25) is 19.9 Å². The van der Waals surface area contributed by atoms with Crippen LogP contribution in [0, 0.1) is 13.8 Å². The predicted octanol–water partition coefficient (Wildman–Crippen LogP) is 3.92. The maximum absolute atomic E-state index is 12.5. The highest BCUT2D eigenvalue weighted by Crippen LogP contribution is 2.22. The molecule has 5 heteroatoms. The second-order valence-corrected chi connectivity index (χ2v) is 6.02. The van der Waals surface area contributed by atoms with Crippen LogP contribution in [0.3, 0.4) is 0 Å². The van der Waals surface area contributed by atoms with Crippen molar-refractivity contribution in [1.82, 2.24) is 15.2 Å². The summed E-state index contributed by atoms with van der Waals surface area (Å²) in [4.78, 5) is 12.5. The van der Waals surface area contributed by atoms with Crippen LogP contribution in [0.15, 0.2) is 66.7 Å². The van der Waals surface area contributed by atoms with E-state index < -0.39 is 0 Å². The topological polar surface area (TPSA) is 50.2 Å². The minimum absolute atomic E-state index is 0.208. The summed E-state index contributed by atoms with van der Waals surface area (Å²) in [6.07, 6.45) is 3.34. The number of hydrogen-bond acceptors (Lipinski definition) is 3. The monoisotopic (exact) mass is 346 g/mol. The lowest BCUT2D eigenvalue weighted by molar-refractivity contribution is -0.116. The molecule has 0 aliphatic rings. The molecule has 0 radical (unpaired) electrons. The van der Waals surface area contributed by atoms with Gasteiger partial charge >= 0.3 is 0 Å². The number of hydrogen-bond donors (Lipinski definition) is 1. The van der Waals surface area contributed by atoms with Crippen molar-refractivity contribution in [1.29, 1.82) is 0 Å². The van der Waals surface area contributed by atoms with Crippen molar-refractivity contribution in [2.24, 2.45) is 7.05 Å². The van der Waals surface area contributed by atoms with E-state index in [0.717, 1.165) is 28.3 Å². The maximum atomic E-state index is 12.5. The molecule has 0 saturated carbocycles. The summed E-state index contributed by atoms with van der Waals surface area (Å²) >= 11 is 0. The zero-order valence-electron chi connectivity index (χ0n) is 15.2. The van der Waals surface area contributed by atoms with Gasteiger partial charge in [-0.05, 0) is 44.2 Å². The molecule has 1 N–H and O–H groups in total. The van der Waals surface area contributed by atoms with E-state index in [1.807, 2.05) is 86.2 Å². The average Bonchev–Trinajstić information content (AvgIpc) is 2.91. The molecule has 1 aromatic heterocycles. The Kier molecular flexibility index (Phi) is 5.17. The van der Waals surface area contributed by atoms with E-state index in [9.17, 15) is 4.79 Å². The summed E-state index contributed by atoms with van der Waals surface area (Å²) in [6, 6.07) is 19.5. The number of anilines is 2. The molecular formula is C21H22N4O. The number of benzene rings is 2. The summed E-state index contributed by atoms with van der Waals surface area (Å²) in [5.41, 5.74) is 7.60. The molecule has 0 aliphatic carbocycles. The van der Waals surface area contributed by atoms with Crippen molar-refractivity contribution >= 4 is 23.4 Å². The molecular weight excluding hydrogens is 324 g/mol. The number of aryl methyl sites for hydroxylation is 2. The van der Waals surface area contributed by atoms with Gasteiger partial charge in [0, 0.05) is 24.4 Å². The quantitative estimate of drug-likeness (QED) is 0.563. The number of carbonyl (C=O) groups is 1. The Balaban J connectivity index is 1.83. The van der Waals surface area contributed by atoms with E-state index >= 15 is 0 Å². The SMILES string of the molecule is Cc1nn(C)c(C)c1C=CC(=O)NN(c1ccccc1)c1ccccc1. The van der Waals surface area contributed by atoms with Crippen LogP contribution >= 0.6 is 0 Å². The summed E-state index contributed by atoms with van der Waals surface area (Å²) < 4.78 is 1.81. The van der Waals surface area contributed by atoms with Crippen molar-refractivity contribution in [3.05, 3.63) is 83.7 Å². The van der Waals surface area contributed by atoms with E-state index in [1.165, 1.54) is 6.08 Å². The van der Waals surface area contributed by atoms with E-state index in [0.29, 0.717) is 0 Å². The van der Waals surface area contributed by atoms with Gasteiger partial charge in [-0.1, -0.05) is 36.4 Å². The number of aromatic nitrogens is 2. The van der Waals surface area contributed by atoms with Gasteiger partial charge in [0.15, 0.2) is 0 Å². The van der Waals surface area contributed by atoms with E-state index in [-0.39, 0.29) is 5.91 Å². The number of carbonyl (C=O) groups excluding carboxylic acids is 1. The van der Waals surface area contributed by atoms with Gasteiger partial charge in [-0.15, -0.1) is 0 Å². The van der Waals surface area contributed by atoms with Gasteiger partial charge in [0.2, 0.25) is 0 Å². The zero-order valence-corrected chi connectivity index (χ0v) is 15.2. The van der Waals surface area contributed by atoms with Crippen molar-refractivity contribution in [2.75, 3.05) is 5.01 Å². The third-order valence-electron chi connectivity index (χ3n) is 4.22. The van der Waals surface area contributed by atoms with Crippen LogP contribution in [0.1, 0.15) is 17.0 Å². The van der Waals surface area contributed by atoms with Gasteiger partial charge in [0.1, 0.15) is 0 Å². The normalized spacial score (nSPS) is 10.9. The lowest BCUT2D eigenvalue weighted by Gasteiger charge is -2.24. The molecule has 0 fully saturated rings. The number of rotatable bonds is 5. The Hall–Kier alpha value is -3.34. The van der Waals surface area contributed by atoms with Crippen LogP contribution in [-0.4, -0.2) is 15.7 Å². The van der Waals surface area contributed by atoms with Crippen LogP contribution in [0.5, 0.6) is 0 Å². The maximum Gasteiger partial charge on any atom is 0.262 e. The fourth-order valence-electron chi connectivity index (χ4n) is 2.77. The minimum atomic E-state index is -0.208. The third kappa shape index (κ3) is 3.83. The molecule has 1 heterocycles. The summed E-state index contributed by atoms with van der Waals surface area (Å²) in [6.45, 7) is 3.92. The fraction of sp³-hybridized carbons (Fsp3) is 0.143. The van der Waals surface area contributed by atoms with Gasteiger partial charge in [-0.25, -0.2) is 0 Å². The molecule has 0 spiro atoms. The fourth-order valence-corrected chi connectivity index (χ4v) is 2.77. The van der Waals surface area contributed by atoms with Crippen molar-refractivity contribution in [3.8, 4) is 0 Å². The first-order chi connectivity index (χ1) is 12.6. The van der Waals surface area contributed by atoms with Crippen molar-refractivity contribution in [2.45, 2.75) is 13.8 Å². The van der Waals surface area contributed by atoms with Gasteiger partial charge in [0.05, 0.1) is 17.1 Å². The van der Waals surface area contributed by atoms with Gasteiger partial charge in [0.25, 0.3) is 5.91 Å². The largest absolute Gasteiger partial charge is 0.272 e. The molecule has 0 bridgehead atoms. The molecule has 0 aliphatic heterocycles. The van der Waals surface area contributed by atoms with E-state index in [4.69, 9.17) is 0 Å². The van der Waals surface area contributed by atoms with Crippen LogP contribution in [0.25, 0.3) is 6.08 Å². The average molecular weight is 346 g/mol. The first-order valence-corrected chi connectivity index (χ1v) is 8.45. The standard InChI is InChI=1S/C21H22N4O/c1-16-20(17(2)24(3)22-16)14-15-21(26)23-25(18-10-6-4-7-11-18)19-12-8-5-9-13-19/h4-15H,1-3H3,(H,23,26). The molecule has 5 nitrogen and oxygen atoms in total. The Morgan fingerprint density at radius 3 is 2.00 bits per heavy atom. The highest BCUT2D eigenvalue weighted by atomic mass is 16.2. The highest BCUT2D eigenvalue weighted by molar-refractivity contribution is 5.94. The smallest absolute Gasteiger partial charge is 0.262 e. The van der Waals surface area contributed by atoms with Crippen LogP contribution < -0.4 is 10.4 Å². The molecule has 132 valence electrons. The molecule has 0 unspecified atom stereocenters. The Morgan fingerprint density at radius 2 is 1.54 bits per heavy atom.